The summed E-state index contributed by atoms with van der Waals surface area (Å²) < 4.78 is 0.959. The molecule has 0 aromatic heterocycles. The molecule has 2 atom stereocenters. The molecule has 0 amide bonds. The molecule has 4 heteroatoms. The molecule has 0 saturated carbocycles. The van der Waals surface area contributed by atoms with Crippen molar-refractivity contribution in [3.8, 4) is 0 Å². The minimum Gasteiger partial charge on any atom is -0.394 e. The number of aliphatic hydroxyl groups is 1. The lowest BCUT2D eigenvalue weighted by atomic mass is 10.0. The molecular weight excluding hydrogens is 338 g/mol. The molecule has 0 aliphatic carbocycles. The summed E-state index contributed by atoms with van der Waals surface area (Å²) in [6.07, 6.45) is 0. The van der Waals surface area contributed by atoms with Crippen molar-refractivity contribution in [1.82, 2.24) is 5.32 Å². The quantitative estimate of drug-likeness (QED) is 0.829. The fourth-order valence-corrected chi connectivity index (χ4v) is 3.02. The number of aliphatic hydroxyl groups excluding tert-OH is 1. The molecule has 2 aromatic rings. The molecule has 0 aliphatic rings. The highest BCUT2D eigenvalue weighted by atomic mass is 79.9. The number of hydrogen-bond donors (Lipinski definition) is 2. The average Bonchev–Trinajstić information content (AvgIpc) is 2.45. The SMILES string of the molecule is CC(N[C@H](CO)c1ccccc1)c1ccc(Br)cc1Cl. The normalized spacial score (nSPS) is 14.0. The van der Waals surface area contributed by atoms with Crippen molar-refractivity contribution in [2.24, 2.45) is 0 Å². The second-order valence-corrected chi connectivity index (χ2v) is 6.02. The Bertz CT molecular complexity index is 562. The monoisotopic (exact) mass is 353 g/mol. The molecule has 2 nitrogen and oxygen atoms in total. The maximum atomic E-state index is 9.59. The van der Waals surface area contributed by atoms with E-state index in [1.54, 1.807) is 0 Å². The topological polar surface area (TPSA) is 32.3 Å². The Hall–Kier alpha value is -0.870. The van der Waals surface area contributed by atoms with Crippen molar-refractivity contribution >= 4 is 27.5 Å². The summed E-state index contributed by atoms with van der Waals surface area (Å²) in [4.78, 5) is 0. The molecule has 0 spiro atoms. The Morgan fingerprint density at radius 3 is 2.50 bits per heavy atom. The predicted octanol–water partition coefficient (Wildman–Crippen LogP) is 4.49. The second-order valence-electron chi connectivity index (χ2n) is 4.70. The Balaban J connectivity index is 2.15. The molecular formula is C16H17BrClNO. The Kier molecular flexibility index (Phi) is 5.61. The minimum absolute atomic E-state index is 0.0441. The van der Waals surface area contributed by atoms with Gasteiger partial charge in [-0.25, -0.2) is 0 Å². The first kappa shape index (κ1) is 15.5. The van der Waals surface area contributed by atoms with Crippen LogP contribution >= 0.6 is 27.5 Å². The van der Waals surface area contributed by atoms with Gasteiger partial charge in [-0.1, -0.05) is 63.9 Å². The highest BCUT2D eigenvalue weighted by Crippen LogP contribution is 2.28. The van der Waals surface area contributed by atoms with Crippen LogP contribution in [-0.2, 0) is 0 Å². The van der Waals surface area contributed by atoms with E-state index in [1.807, 2.05) is 55.5 Å². The fourth-order valence-electron chi connectivity index (χ4n) is 2.18. The molecule has 106 valence electrons. The maximum Gasteiger partial charge on any atom is 0.0626 e. The zero-order valence-electron chi connectivity index (χ0n) is 11.2. The van der Waals surface area contributed by atoms with E-state index in [2.05, 4.69) is 21.2 Å². The molecule has 2 aromatic carbocycles. The third-order valence-electron chi connectivity index (χ3n) is 3.26. The van der Waals surface area contributed by atoms with Crippen molar-refractivity contribution in [2.75, 3.05) is 6.61 Å². The van der Waals surface area contributed by atoms with Crippen LogP contribution in [-0.4, -0.2) is 11.7 Å². The van der Waals surface area contributed by atoms with Gasteiger partial charge in [-0.15, -0.1) is 0 Å². The number of benzene rings is 2. The van der Waals surface area contributed by atoms with Gasteiger partial charge in [-0.2, -0.15) is 0 Å². The zero-order chi connectivity index (χ0) is 14.5. The van der Waals surface area contributed by atoms with Crippen LogP contribution in [0.1, 0.15) is 30.1 Å². The number of rotatable bonds is 5. The summed E-state index contributed by atoms with van der Waals surface area (Å²) in [6.45, 7) is 2.09. The minimum atomic E-state index is -0.106. The summed E-state index contributed by atoms with van der Waals surface area (Å²) in [5.41, 5.74) is 2.08. The van der Waals surface area contributed by atoms with Gasteiger partial charge in [0.1, 0.15) is 0 Å². The van der Waals surface area contributed by atoms with E-state index < -0.39 is 0 Å². The summed E-state index contributed by atoms with van der Waals surface area (Å²) in [7, 11) is 0. The fraction of sp³-hybridized carbons (Fsp3) is 0.250. The molecule has 2 rings (SSSR count). The molecule has 0 heterocycles. The number of nitrogens with one attached hydrogen (secondary N) is 1. The largest absolute Gasteiger partial charge is 0.394 e. The van der Waals surface area contributed by atoms with Crippen molar-refractivity contribution < 1.29 is 5.11 Å². The van der Waals surface area contributed by atoms with E-state index in [9.17, 15) is 5.11 Å². The smallest absolute Gasteiger partial charge is 0.0626 e. The summed E-state index contributed by atoms with van der Waals surface area (Å²) in [6, 6.07) is 15.7. The van der Waals surface area contributed by atoms with Gasteiger partial charge in [0, 0.05) is 15.5 Å². The van der Waals surface area contributed by atoms with Gasteiger partial charge in [-0.05, 0) is 30.2 Å². The van der Waals surface area contributed by atoms with Crippen LogP contribution in [0.3, 0.4) is 0 Å². The summed E-state index contributed by atoms with van der Waals surface area (Å²) in [5.74, 6) is 0. The van der Waals surface area contributed by atoms with Crippen LogP contribution < -0.4 is 5.32 Å². The van der Waals surface area contributed by atoms with Crippen molar-refractivity contribution in [2.45, 2.75) is 19.0 Å². The van der Waals surface area contributed by atoms with E-state index in [1.165, 1.54) is 0 Å². The van der Waals surface area contributed by atoms with Crippen molar-refractivity contribution in [1.29, 1.82) is 0 Å². The van der Waals surface area contributed by atoms with Crippen LogP contribution in [0.4, 0.5) is 0 Å². The lowest BCUT2D eigenvalue weighted by Crippen LogP contribution is -2.27. The molecule has 0 radical (unpaired) electrons. The van der Waals surface area contributed by atoms with Gasteiger partial charge in [0.05, 0.1) is 12.6 Å². The van der Waals surface area contributed by atoms with Crippen LogP contribution in [0.25, 0.3) is 0 Å². The van der Waals surface area contributed by atoms with Crippen molar-refractivity contribution in [3.05, 3.63) is 69.2 Å². The standard InChI is InChI=1S/C16H17BrClNO/c1-11(14-8-7-13(17)9-15(14)18)19-16(10-20)12-5-3-2-4-6-12/h2-9,11,16,19-20H,10H2,1H3/t11?,16-/m1/s1. The molecule has 2 N–H and O–H groups in total. The van der Waals surface area contributed by atoms with Crippen LogP contribution in [0.15, 0.2) is 53.0 Å². The lowest BCUT2D eigenvalue weighted by molar-refractivity contribution is 0.235. The Morgan fingerprint density at radius 2 is 1.90 bits per heavy atom. The third kappa shape index (κ3) is 3.83. The van der Waals surface area contributed by atoms with Gasteiger partial charge >= 0.3 is 0 Å². The van der Waals surface area contributed by atoms with Gasteiger partial charge in [0.25, 0.3) is 0 Å². The Labute approximate surface area is 132 Å². The Morgan fingerprint density at radius 1 is 1.20 bits per heavy atom. The molecule has 20 heavy (non-hydrogen) atoms. The first-order valence-corrected chi connectivity index (χ1v) is 7.65. The average molecular weight is 355 g/mol. The van der Waals surface area contributed by atoms with E-state index in [0.717, 1.165) is 15.6 Å². The first-order chi connectivity index (χ1) is 9.61. The molecule has 0 fully saturated rings. The van der Waals surface area contributed by atoms with Gasteiger partial charge in [0.2, 0.25) is 0 Å². The lowest BCUT2D eigenvalue weighted by Gasteiger charge is -2.23. The number of hydrogen-bond acceptors (Lipinski definition) is 2. The van der Waals surface area contributed by atoms with Crippen molar-refractivity contribution in [3.63, 3.8) is 0 Å². The van der Waals surface area contributed by atoms with Gasteiger partial charge in [0.15, 0.2) is 0 Å². The highest BCUT2D eigenvalue weighted by Gasteiger charge is 2.16. The van der Waals surface area contributed by atoms with E-state index in [-0.39, 0.29) is 18.7 Å². The highest BCUT2D eigenvalue weighted by molar-refractivity contribution is 9.10. The predicted molar refractivity (Wildman–Crippen MR) is 87.0 cm³/mol. The maximum absolute atomic E-state index is 9.59. The van der Waals surface area contributed by atoms with Gasteiger partial charge in [-0.3, -0.25) is 0 Å². The zero-order valence-corrected chi connectivity index (χ0v) is 13.5. The summed E-state index contributed by atoms with van der Waals surface area (Å²) in [5, 5.41) is 13.7. The van der Waals surface area contributed by atoms with Gasteiger partial charge < -0.3 is 10.4 Å². The van der Waals surface area contributed by atoms with Crippen LogP contribution in [0.5, 0.6) is 0 Å². The number of halogens is 2. The summed E-state index contributed by atoms with van der Waals surface area (Å²) >= 11 is 9.67. The van der Waals surface area contributed by atoms with E-state index in [0.29, 0.717) is 5.02 Å². The van der Waals surface area contributed by atoms with E-state index >= 15 is 0 Å². The molecule has 0 bridgehead atoms. The third-order valence-corrected chi connectivity index (χ3v) is 4.09. The molecule has 1 unspecified atom stereocenters. The molecule has 0 aliphatic heterocycles. The first-order valence-electron chi connectivity index (χ1n) is 6.48. The van der Waals surface area contributed by atoms with Crippen LogP contribution in [0, 0.1) is 0 Å². The second kappa shape index (κ2) is 7.23. The van der Waals surface area contributed by atoms with Crippen LogP contribution in [0.2, 0.25) is 5.02 Å². The molecule has 0 saturated heterocycles. The van der Waals surface area contributed by atoms with E-state index in [4.69, 9.17) is 11.6 Å².